The van der Waals surface area contributed by atoms with Crippen molar-refractivity contribution in [3.8, 4) is 0 Å². The maximum absolute atomic E-state index is 12.1. The fourth-order valence-corrected chi connectivity index (χ4v) is 2.88. The van der Waals surface area contributed by atoms with Crippen molar-refractivity contribution < 1.29 is 9.59 Å². The third-order valence-electron chi connectivity index (χ3n) is 4.17. The first-order valence-corrected chi connectivity index (χ1v) is 6.94. The number of amides is 2. The zero-order valence-corrected chi connectivity index (χ0v) is 10.9. The average Bonchev–Trinajstić information content (AvgIpc) is 2.40. The average molecular weight is 253 g/mol. The summed E-state index contributed by atoms with van der Waals surface area (Å²) in [5.41, 5.74) is 5.29. The van der Waals surface area contributed by atoms with Crippen molar-refractivity contribution in [2.75, 3.05) is 26.2 Å². The number of hydrogen-bond acceptors (Lipinski definition) is 3. The third-order valence-corrected chi connectivity index (χ3v) is 4.17. The lowest BCUT2D eigenvalue weighted by molar-refractivity contribution is -0.135. The van der Waals surface area contributed by atoms with E-state index in [-0.39, 0.29) is 17.7 Å². The first kappa shape index (κ1) is 13.3. The molecule has 0 bridgehead atoms. The summed E-state index contributed by atoms with van der Waals surface area (Å²) in [6, 6.07) is 0. The molecule has 2 aliphatic heterocycles. The molecule has 2 rings (SSSR count). The predicted molar refractivity (Wildman–Crippen MR) is 68.7 cm³/mol. The largest absolute Gasteiger partial charge is 0.369 e. The van der Waals surface area contributed by atoms with Gasteiger partial charge in [-0.2, -0.15) is 0 Å². The molecule has 18 heavy (non-hydrogen) atoms. The van der Waals surface area contributed by atoms with E-state index < -0.39 is 0 Å². The quantitative estimate of drug-likeness (QED) is 0.749. The first-order valence-electron chi connectivity index (χ1n) is 6.94. The van der Waals surface area contributed by atoms with Gasteiger partial charge in [-0.1, -0.05) is 0 Å². The SMILES string of the molecule is NC(=O)C1CCN(C(=O)CC2CCNCC2)CC1. The van der Waals surface area contributed by atoms with Crippen LogP contribution in [0.1, 0.15) is 32.1 Å². The number of nitrogens with two attached hydrogens (primary N) is 1. The second-order valence-electron chi connectivity index (χ2n) is 5.45. The molecular weight excluding hydrogens is 230 g/mol. The highest BCUT2D eigenvalue weighted by Gasteiger charge is 2.27. The normalized spacial score (nSPS) is 23.0. The van der Waals surface area contributed by atoms with Gasteiger partial charge >= 0.3 is 0 Å². The molecule has 2 heterocycles. The Morgan fingerprint density at radius 3 is 2.28 bits per heavy atom. The molecule has 0 aromatic rings. The Bertz CT molecular complexity index is 305. The molecule has 3 N–H and O–H groups in total. The van der Waals surface area contributed by atoms with Crippen LogP contribution in [0.4, 0.5) is 0 Å². The first-order chi connectivity index (χ1) is 8.66. The summed E-state index contributed by atoms with van der Waals surface area (Å²) >= 11 is 0. The number of likely N-dealkylation sites (tertiary alicyclic amines) is 1. The maximum Gasteiger partial charge on any atom is 0.222 e. The lowest BCUT2D eigenvalue weighted by Crippen LogP contribution is -2.42. The van der Waals surface area contributed by atoms with Crippen LogP contribution in [0.3, 0.4) is 0 Å². The Kier molecular flexibility index (Phi) is 4.58. The molecule has 0 atom stereocenters. The van der Waals surface area contributed by atoms with Crippen LogP contribution in [0.2, 0.25) is 0 Å². The van der Waals surface area contributed by atoms with E-state index in [2.05, 4.69) is 5.32 Å². The fraction of sp³-hybridized carbons (Fsp3) is 0.846. The maximum atomic E-state index is 12.1. The van der Waals surface area contributed by atoms with Crippen molar-refractivity contribution in [2.24, 2.45) is 17.6 Å². The van der Waals surface area contributed by atoms with E-state index in [9.17, 15) is 9.59 Å². The van der Waals surface area contributed by atoms with Gasteiger partial charge in [0.05, 0.1) is 0 Å². The molecule has 0 spiro atoms. The molecule has 0 unspecified atom stereocenters. The van der Waals surface area contributed by atoms with Gasteiger partial charge in [0.2, 0.25) is 11.8 Å². The van der Waals surface area contributed by atoms with Crippen LogP contribution in [0, 0.1) is 11.8 Å². The van der Waals surface area contributed by atoms with Crippen molar-refractivity contribution in [3.05, 3.63) is 0 Å². The number of carbonyl (C=O) groups is 2. The summed E-state index contributed by atoms with van der Waals surface area (Å²) in [4.78, 5) is 25.1. The number of primary amides is 1. The zero-order chi connectivity index (χ0) is 13.0. The number of nitrogens with one attached hydrogen (secondary N) is 1. The van der Waals surface area contributed by atoms with Gasteiger partial charge < -0.3 is 16.0 Å². The van der Waals surface area contributed by atoms with Crippen LogP contribution < -0.4 is 11.1 Å². The number of rotatable bonds is 3. The lowest BCUT2D eigenvalue weighted by Gasteiger charge is -2.32. The molecule has 5 nitrogen and oxygen atoms in total. The minimum atomic E-state index is -0.222. The molecule has 0 aliphatic carbocycles. The smallest absolute Gasteiger partial charge is 0.222 e. The molecule has 2 fully saturated rings. The summed E-state index contributed by atoms with van der Waals surface area (Å²) in [5, 5.41) is 3.31. The molecular formula is C13H23N3O2. The number of hydrogen-bond donors (Lipinski definition) is 2. The van der Waals surface area contributed by atoms with E-state index in [1.165, 1.54) is 0 Å². The van der Waals surface area contributed by atoms with E-state index in [1.807, 2.05) is 4.90 Å². The van der Waals surface area contributed by atoms with Gasteiger partial charge in [-0.05, 0) is 44.7 Å². The molecule has 2 aliphatic rings. The Hall–Kier alpha value is -1.10. The van der Waals surface area contributed by atoms with Crippen LogP contribution in [0.15, 0.2) is 0 Å². The summed E-state index contributed by atoms with van der Waals surface area (Å²) < 4.78 is 0. The summed E-state index contributed by atoms with van der Waals surface area (Å²) in [6.07, 6.45) is 4.33. The minimum Gasteiger partial charge on any atom is -0.369 e. The summed E-state index contributed by atoms with van der Waals surface area (Å²) in [6.45, 7) is 3.44. The van der Waals surface area contributed by atoms with Gasteiger partial charge in [-0.25, -0.2) is 0 Å². The summed E-state index contributed by atoms with van der Waals surface area (Å²) in [7, 11) is 0. The Labute approximate surface area is 108 Å². The molecule has 0 aromatic heterocycles. The number of nitrogens with zero attached hydrogens (tertiary/aromatic N) is 1. The van der Waals surface area contributed by atoms with E-state index in [1.54, 1.807) is 0 Å². The van der Waals surface area contributed by atoms with Crippen LogP contribution in [-0.2, 0) is 9.59 Å². The Balaban J connectivity index is 1.75. The minimum absolute atomic E-state index is 0.0343. The highest BCUT2D eigenvalue weighted by molar-refractivity contribution is 5.79. The monoisotopic (exact) mass is 253 g/mol. The molecule has 2 amide bonds. The molecule has 0 aromatic carbocycles. The van der Waals surface area contributed by atoms with Crippen molar-refractivity contribution in [1.29, 1.82) is 0 Å². The fourth-order valence-electron chi connectivity index (χ4n) is 2.88. The van der Waals surface area contributed by atoms with Crippen LogP contribution in [-0.4, -0.2) is 42.9 Å². The third kappa shape index (κ3) is 3.45. The number of piperidine rings is 2. The van der Waals surface area contributed by atoms with E-state index in [4.69, 9.17) is 5.73 Å². The number of carbonyl (C=O) groups excluding carboxylic acids is 2. The van der Waals surface area contributed by atoms with Crippen molar-refractivity contribution >= 4 is 11.8 Å². The molecule has 0 saturated carbocycles. The van der Waals surface area contributed by atoms with Crippen LogP contribution >= 0.6 is 0 Å². The van der Waals surface area contributed by atoms with Crippen molar-refractivity contribution in [1.82, 2.24) is 10.2 Å². The van der Waals surface area contributed by atoms with Gasteiger partial charge in [-0.3, -0.25) is 9.59 Å². The van der Waals surface area contributed by atoms with Gasteiger partial charge in [0.15, 0.2) is 0 Å². The van der Waals surface area contributed by atoms with Gasteiger partial charge in [0.1, 0.15) is 0 Å². The van der Waals surface area contributed by atoms with Crippen LogP contribution in [0.5, 0.6) is 0 Å². The van der Waals surface area contributed by atoms with Gasteiger partial charge in [0, 0.05) is 25.4 Å². The summed E-state index contributed by atoms with van der Waals surface area (Å²) in [5.74, 6) is 0.533. The highest BCUT2D eigenvalue weighted by atomic mass is 16.2. The Morgan fingerprint density at radius 1 is 1.11 bits per heavy atom. The van der Waals surface area contributed by atoms with Gasteiger partial charge in [0.25, 0.3) is 0 Å². The standard InChI is InChI=1S/C13H23N3O2/c14-13(18)11-3-7-16(8-4-11)12(17)9-10-1-5-15-6-2-10/h10-11,15H,1-9H2,(H2,14,18). The van der Waals surface area contributed by atoms with E-state index in [0.717, 1.165) is 38.8 Å². The van der Waals surface area contributed by atoms with Crippen molar-refractivity contribution in [3.63, 3.8) is 0 Å². The topological polar surface area (TPSA) is 75.4 Å². The second kappa shape index (κ2) is 6.18. The zero-order valence-electron chi connectivity index (χ0n) is 10.9. The molecule has 102 valence electrons. The lowest BCUT2D eigenvalue weighted by atomic mass is 9.92. The van der Waals surface area contributed by atoms with Crippen LogP contribution in [0.25, 0.3) is 0 Å². The highest BCUT2D eigenvalue weighted by Crippen LogP contribution is 2.21. The van der Waals surface area contributed by atoms with Gasteiger partial charge in [-0.15, -0.1) is 0 Å². The molecule has 0 radical (unpaired) electrons. The molecule has 5 heteroatoms. The van der Waals surface area contributed by atoms with E-state index in [0.29, 0.717) is 25.4 Å². The second-order valence-corrected chi connectivity index (χ2v) is 5.45. The van der Waals surface area contributed by atoms with E-state index >= 15 is 0 Å². The molecule has 2 saturated heterocycles. The Morgan fingerprint density at radius 2 is 1.72 bits per heavy atom. The predicted octanol–water partition coefficient (Wildman–Crippen LogP) is 0.1000. The van der Waals surface area contributed by atoms with Crippen molar-refractivity contribution in [2.45, 2.75) is 32.1 Å².